The van der Waals surface area contributed by atoms with Crippen LogP contribution in [-0.4, -0.2) is 40.9 Å². The molecule has 7 heteroatoms. The monoisotopic (exact) mass is 223 g/mol. The molecule has 1 aliphatic heterocycles. The van der Waals surface area contributed by atoms with E-state index in [4.69, 9.17) is 4.74 Å². The van der Waals surface area contributed by atoms with Crippen LogP contribution in [0.15, 0.2) is 12.3 Å². The molecule has 7 nitrogen and oxygen atoms in total. The third-order valence-corrected chi connectivity index (χ3v) is 2.29. The summed E-state index contributed by atoms with van der Waals surface area (Å²) in [6.07, 6.45) is 1.08. The minimum atomic E-state index is -0.592. The molecule has 1 aliphatic rings. The summed E-state index contributed by atoms with van der Waals surface area (Å²) in [5.41, 5.74) is -0.0831. The van der Waals surface area contributed by atoms with E-state index in [1.54, 1.807) is 7.05 Å². The molecule has 1 aromatic rings. The highest BCUT2D eigenvalue weighted by Crippen LogP contribution is 2.23. The minimum Gasteiger partial charge on any atom is -0.475 e. The maximum atomic E-state index is 11.8. The van der Waals surface area contributed by atoms with Crippen LogP contribution < -0.4 is 4.74 Å². The van der Waals surface area contributed by atoms with Crippen LogP contribution in [-0.2, 0) is 0 Å². The van der Waals surface area contributed by atoms with Crippen LogP contribution in [0.4, 0.5) is 5.69 Å². The maximum absolute atomic E-state index is 11.8. The Morgan fingerprint density at radius 2 is 2.38 bits per heavy atom. The van der Waals surface area contributed by atoms with E-state index in [0.29, 0.717) is 13.2 Å². The quantitative estimate of drug-likeness (QED) is 0.509. The van der Waals surface area contributed by atoms with E-state index in [1.807, 2.05) is 0 Å². The van der Waals surface area contributed by atoms with Gasteiger partial charge in [0.25, 0.3) is 11.6 Å². The third kappa shape index (κ3) is 1.67. The van der Waals surface area contributed by atoms with Gasteiger partial charge in [-0.2, -0.15) is 0 Å². The zero-order valence-corrected chi connectivity index (χ0v) is 8.54. The first-order valence-electron chi connectivity index (χ1n) is 4.62. The molecule has 2 rings (SSSR count). The summed E-state index contributed by atoms with van der Waals surface area (Å²) in [7, 11) is 1.61. The summed E-state index contributed by atoms with van der Waals surface area (Å²) in [6, 6.07) is 1.19. The third-order valence-electron chi connectivity index (χ3n) is 2.29. The number of rotatable bonds is 1. The number of carbonyl (C=O) groups is 1. The summed E-state index contributed by atoms with van der Waals surface area (Å²) >= 11 is 0. The van der Waals surface area contributed by atoms with Crippen LogP contribution in [0.1, 0.15) is 10.4 Å². The van der Waals surface area contributed by atoms with Gasteiger partial charge < -0.3 is 9.64 Å². The molecule has 2 heterocycles. The largest absolute Gasteiger partial charge is 0.475 e. The molecule has 0 N–H and O–H groups in total. The van der Waals surface area contributed by atoms with E-state index in [9.17, 15) is 14.9 Å². The molecule has 0 radical (unpaired) electrons. The van der Waals surface area contributed by atoms with Gasteiger partial charge in [0.1, 0.15) is 18.4 Å². The Balaban J connectivity index is 2.50. The first kappa shape index (κ1) is 10.3. The predicted molar refractivity (Wildman–Crippen MR) is 53.3 cm³/mol. The van der Waals surface area contributed by atoms with Crippen molar-refractivity contribution >= 4 is 11.6 Å². The molecule has 16 heavy (non-hydrogen) atoms. The van der Waals surface area contributed by atoms with Gasteiger partial charge in [0, 0.05) is 13.1 Å². The number of pyridine rings is 1. The normalized spacial score (nSPS) is 15.1. The topological polar surface area (TPSA) is 85.6 Å². The Morgan fingerprint density at radius 1 is 1.62 bits per heavy atom. The fourth-order valence-corrected chi connectivity index (χ4v) is 1.40. The van der Waals surface area contributed by atoms with Gasteiger partial charge in [-0.1, -0.05) is 0 Å². The first-order valence-corrected chi connectivity index (χ1v) is 4.62. The van der Waals surface area contributed by atoms with Gasteiger partial charge in [0.2, 0.25) is 5.88 Å². The van der Waals surface area contributed by atoms with E-state index in [2.05, 4.69) is 4.98 Å². The number of carbonyl (C=O) groups excluding carboxylic acids is 1. The molecule has 0 saturated heterocycles. The molecule has 0 spiro atoms. The zero-order valence-electron chi connectivity index (χ0n) is 8.54. The van der Waals surface area contributed by atoms with Crippen molar-refractivity contribution in [2.24, 2.45) is 0 Å². The van der Waals surface area contributed by atoms with E-state index in [0.717, 1.165) is 6.20 Å². The number of amides is 1. The molecule has 0 fully saturated rings. The van der Waals surface area contributed by atoms with E-state index < -0.39 is 4.92 Å². The van der Waals surface area contributed by atoms with Crippen LogP contribution in [0.3, 0.4) is 0 Å². The van der Waals surface area contributed by atoms with Crippen LogP contribution >= 0.6 is 0 Å². The SMILES string of the molecule is CN1CCOc2ncc([N+](=O)[O-])cc2C1=O. The van der Waals surface area contributed by atoms with Crippen molar-refractivity contribution < 1.29 is 14.5 Å². The second kappa shape index (κ2) is 3.76. The molecule has 84 valence electrons. The zero-order chi connectivity index (χ0) is 11.7. The van der Waals surface area contributed by atoms with Gasteiger partial charge in [-0.05, 0) is 0 Å². The number of aromatic nitrogens is 1. The van der Waals surface area contributed by atoms with Crippen LogP contribution in [0.2, 0.25) is 0 Å². The average molecular weight is 223 g/mol. The smallest absolute Gasteiger partial charge is 0.288 e. The van der Waals surface area contributed by atoms with Gasteiger partial charge in [-0.3, -0.25) is 14.9 Å². The molecular weight excluding hydrogens is 214 g/mol. The van der Waals surface area contributed by atoms with Crippen molar-refractivity contribution in [3.05, 3.63) is 27.9 Å². The number of likely N-dealkylation sites (N-methyl/N-ethyl adjacent to an activating group) is 1. The highest BCUT2D eigenvalue weighted by atomic mass is 16.6. The summed E-state index contributed by atoms with van der Waals surface area (Å²) in [5.74, 6) is -0.163. The number of nitrogens with zero attached hydrogens (tertiary/aromatic N) is 3. The Hall–Kier alpha value is -2.18. The Labute approximate surface area is 90.8 Å². The van der Waals surface area contributed by atoms with Crippen molar-refractivity contribution in [3.63, 3.8) is 0 Å². The van der Waals surface area contributed by atoms with Crippen LogP contribution in [0.5, 0.6) is 5.88 Å². The van der Waals surface area contributed by atoms with Gasteiger partial charge in [0.15, 0.2) is 0 Å². The second-order valence-electron chi connectivity index (χ2n) is 3.38. The van der Waals surface area contributed by atoms with Gasteiger partial charge >= 0.3 is 0 Å². The van der Waals surface area contributed by atoms with Crippen molar-refractivity contribution in [3.8, 4) is 5.88 Å². The molecule has 0 unspecified atom stereocenters. The molecule has 1 amide bonds. The van der Waals surface area contributed by atoms with E-state index in [-0.39, 0.29) is 23.0 Å². The lowest BCUT2D eigenvalue weighted by atomic mass is 10.2. The fraction of sp³-hybridized carbons (Fsp3) is 0.333. The molecule has 0 saturated carbocycles. The first-order chi connectivity index (χ1) is 7.59. The van der Waals surface area contributed by atoms with Crippen LogP contribution in [0.25, 0.3) is 0 Å². The Bertz CT molecular complexity index is 460. The molecule has 0 atom stereocenters. The van der Waals surface area contributed by atoms with Crippen molar-refractivity contribution in [1.29, 1.82) is 0 Å². The van der Waals surface area contributed by atoms with E-state index >= 15 is 0 Å². The summed E-state index contributed by atoms with van der Waals surface area (Å²) in [6.45, 7) is 0.767. The molecular formula is C9H9N3O4. The predicted octanol–water partition coefficient (Wildman–Crippen LogP) is 0.454. The maximum Gasteiger partial charge on any atom is 0.288 e. The lowest BCUT2D eigenvalue weighted by molar-refractivity contribution is -0.385. The van der Waals surface area contributed by atoms with Gasteiger partial charge in [-0.25, -0.2) is 4.98 Å². The van der Waals surface area contributed by atoms with Crippen molar-refractivity contribution in [2.45, 2.75) is 0 Å². The number of hydrogen-bond donors (Lipinski definition) is 0. The summed E-state index contributed by atoms with van der Waals surface area (Å²) in [4.78, 5) is 27.0. The molecule has 0 aliphatic carbocycles. The van der Waals surface area contributed by atoms with E-state index in [1.165, 1.54) is 11.0 Å². The van der Waals surface area contributed by atoms with Crippen molar-refractivity contribution in [2.75, 3.05) is 20.2 Å². The highest BCUT2D eigenvalue weighted by molar-refractivity contribution is 5.97. The Morgan fingerprint density at radius 3 is 3.06 bits per heavy atom. The number of hydrogen-bond acceptors (Lipinski definition) is 5. The fourth-order valence-electron chi connectivity index (χ4n) is 1.40. The lowest BCUT2D eigenvalue weighted by Gasteiger charge is -2.11. The highest BCUT2D eigenvalue weighted by Gasteiger charge is 2.24. The standard InChI is InChI=1S/C9H9N3O4/c1-11-2-3-16-8-7(9(11)13)4-6(5-10-8)12(14)15/h4-5H,2-3H2,1H3. The van der Waals surface area contributed by atoms with Gasteiger partial charge in [0.05, 0.1) is 11.5 Å². The average Bonchev–Trinajstić information content (AvgIpc) is 2.40. The summed E-state index contributed by atoms with van der Waals surface area (Å²) < 4.78 is 5.23. The minimum absolute atomic E-state index is 0.134. The number of nitro groups is 1. The molecule has 0 aromatic carbocycles. The molecule has 1 aromatic heterocycles. The summed E-state index contributed by atoms with van der Waals surface area (Å²) in [5, 5.41) is 10.6. The lowest BCUT2D eigenvalue weighted by Crippen LogP contribution is -2.27. The van der Waals surface area contributed by atoms with Gasteiger partial charge in [-0.15, -0.1) is 0 Å². The van der Waals surface area contributed by atoms with Crippen molar-refractivity contribution in [1.82, 2.24) is 9.88 Å². The van der Waals surface area contributed by atoms with Crippen LogP contribution in [0, 0.1) is 10.1 Å². The second-order valence-corrected chi connectivity index (χ2v) is 3.38. The Kier molecular flexibility index (Phi) is 2.43. The molecule has 0 bridgehead atoms. The number of fused-ring (bicyclic) bond motifs is 1. The number of ether oxygens (including phenoxy) is 1.